The molecular weight excluding hydrogens is 236 g/mol. The SMILES string of the molecule is CCS(=O)(=O)C(Cl)c1ccccc1C=O. The molecular formula is C10H11ClO3S. The van der Waals surface area contributed by atoms with Crippen LogP contribution >= 0.6 is 11.6 Å². The van der Waals surface area contributed by atoms with Crippen molar-refractivity contribution in [1.82, 2.24) is 0 Å². The van der Waals surface area contributed by atoms with Crippen LogP contribution in [0.15, 0.2) is 24.3 Å². The summed E-state index contributed by atoms with van der Waals surface area (Å²) in [6.07, 6.45) is 0.607. The van der Waals surface area contributed by atoms with Crippen LogP contribution in [0.1, 0.15) is 27.6 Å². The lowest BCUT2D eigenvalue weighted by atomic mass is 10.1. The Balaban J connectivity index is 3.22. The summed E-state index contributed by atoms with van der Waals surface area (Å²) in [6.45, 7) is 1.52. The average molecular weight is 247 g/mol. The lowest BCUT2D eigenvalue weighted by Crippen LogP contribution is -2.12. The standard InChI is InChI=1S/C10H11ClO3S/c1-2-15(13,14)10(11)9-6-4-3-5-8(9)7-12/h3-7,10H,2H2,1H3. The number of halogens is 1. The monoisotopic (exact) mass is 246 g/mol. The van der Waals surface area contributed by atoms with Crippen molar-refractivity contribution in [3.05, 3.63) is 35.4 Å². The Labute approximate surface area is 94.0 Å². The van der Waals surface area contributed by atoms with Gasteiger partial charge in [0.1, 0.15) is 6.29 Å². The molecule has 0 aliphatic rings. The van der Waals surface area contributed by atoms with E-state index in [0.717, 1.165) is 0 Å². The van der Waals surface area contributed by atoms with E-state index in [9.17, 15) is 13.2 Å². The second-order valence-electron chi connectivity index (χ2n) is 3.01. The molecule has 82 valence electrons. The zero-order valence-electron chi connectivity index (χ0n) is 8.18. The van der Waals surface area contributed by atoms with Gasteiger partial charge in [-0.1, -0.05) is 31.2 Å². The van der Waals surface area contributed by atoms with E-state index in [1.54, 1.807) is 24.3 Å². The van der Waals surface area contributed by atoms with Crippen molar-refractivity contribution in [2.75, 3.05) is 5.75 Å². The fourth-order valence-electron chi connectivity index (χ4n) is 1.16. The minimum atomic E-state index is -3.38. The van der Waals surface area contributed by atoms with Crippen molar-refractivity contribution >= 4 is 27.7 Å². The van der Waals surface area contributed by atoms with E-state index in [1.807, 2.05) is 0 Å². The van der Waals surface area contributed by atoms with Crippen molar-refractivity contribution in [1.29, 1.82) is 0 Å². The Morgan fingerprint density at radius 1 is 1.40 bits per heavy atom. The summed E-state index contributed by atoms with van der Waals surface area (Å²) in [4.78, 5) is 10.7. The van der Waals surface area contributed by atoms with Gasteiger partial charge in [-0.15, -0.1) is 11.6 Å². The number of alkyl halides is 1. The van der Waals surface area contributed by atoms with Crippen molar-refractivity contribution in [3.8, 4) is 0 Å². The maximum atomic E-state index is 11.5. The number of carbonyl (C=O) groups is 1. The molecule has 1 unspecified atom stereocenters. The number of hydrogen-bond acceptors (Lipinski definition) is 3. The van der Waals surface area contributed by atoms with Gasteiger partial charge in [0, 0.05) is 11.3 Å². The van der Waals surface area contributed by atoms with Gasteiger partial charge in [0.15, 0.2) is 14.5 Å². The van der Waals surface area contributed by atoms with Crippen LogP contribution in [0.3, 0.4) is 0 Å². The van der Waals surface area contributed by atoms with Gasteiger partial charge < -0.3 is 0 Å². The summed E-state index contributed by atoms with van der Waals surface area (Å²) in [6, 6.07) is 6.41. The molecule has 0 N–H and O–H groups in total. The predicted molar refractivity (Wildman–Crippen MR) is 59.9 cm³/mol. The molecule has 0 aliphatic heterocycles. The van der Waals surface area contributed by atoms with Gasteiger partial charge in [0.25, 0.3) is 0 Å². The summed E-state index contributed by atoms with van der Waals surface area (Å²) in [5.74, 6) is -0.0473. The minimum absolute atomic E-state index is 0.0473. The van der Waals surface area contributed by atoms with Crippen LogP contribution in [0.4, 0.5) is 0 Å². The molecule has 1 rings (SSSR count). The molecule has 1 aromatic rings. The Morgan fingerprint density at radius 2 is 2.00 bits per heavy atom. The first-order valence-corrected chi connectivity index (χ1v) is 6.58. The number of rotatable bonds is 4. The van der Waals surface area contributed by atoms with E-state index in [1.165, 1.54) is 6.92 Å². The molecule has 3 nitrogen and oxygen atoms in total. The topological polar surface area (TPSA) is 51.2 Å². The number of benzene rings is 1. The highest BCUT2D eigenvalue weighted by Gasteiger charge is 2.24. The van der Waals surface area contributed by atoms with Gasteiger partial charge in [0.05, 0.1) is 0 Å². The zero-order chi connectivity index (χ0) is 11.5. The van der Waals surface area contributed by atoms with Gasteiger partial charge >= 0.3 is 0 Å². The van der Waals surface area contributed by atoms with E-state index in [-0.39, 0.29) is 5.75 Å². The molecule has 15 heavy (non-hydrogen) atoms. The van der Waals surface area contributed by atoms with E-state index >= 15 is 0 Å². The molecule has 0 radical (unpaired) electrons. The smallest absolute Gasteiger partial charge is 0.171 e. The first kappa shape index (κ1) is 12.2. The van der Waals surface area contributed by atoms with E-state index in [2.05, 4.69) is 0 Å². The third-order valence-electron chi connectivity index (χ3n) is 2.09. The van der Waals surface area contributed by atoms with E-state index in [0.29, 0.717) is 17.4 Å². The van der Waals surface area contributed by atoms with Crippen molar-refractivity contribution in [2.24, 2.45) is 0 Å². The first-order chi connectivity index (χ1) is 7.03. The maximum Gasteiger partial charge on any atom is 0.171 e. The number of aldehydes is 1. The highest BCUT2D eigenvalue weighted by Crippen LogP contribution is 2.29. The van der Waals surface area contributed by atoms with Crippen LogP contribution in [0.5, 0.6) is 0 Å². The highest BCUT2D eigenvalue weighted by atomic mass is 35.5. The van der Waals surface area contributed by atoms with Gasteiger partial charge in [-0.05, 0) is 5.56 Å². The minimum Gasteiger partial charge on any atom is -0.298 e. The maximum absolute atomic E-state index is 11.5. The first-order valence-electron chi connectivity index (χ1n) is 4.42. The molecule has 0 heterocycles. The molecule has 1 atom stereocenters. The van der Waals surface area contributed by atoms with Crippen LogP contribution in [-0.2, 0) is 9.84 Å². The van der Waals surface area contributed by atoms with Crippen molar-refractivity contribution in [2.45, 2.75) is 11.6 Å². The molecule has 0 fully saturated rings. The molecule has 1 aromatic carbocycles. The Hall–Kier alpha value is -0.870. The Kier molecular flexibility index (Phi) is 3.88. The van der Waals surface area contributed by atoms with Gasteiger partial charge in [-0.25, -0.2) is 8.42 Å². The highest BCUT2D eigenvalue weighted by molar-refractivity contribution is 7.92. The van der Waals surface area contributed by atoms with Crippen LogP contribution in [0.25, 0.3) is 0 Å². The molecule has 0 amide bonds. The molecule has 5 heteroatoms. The number of hydrogen-bond donors (Lipinski definition) is 0. The fourth-order valence-corrected chi connectivity index (χ4v) is 2.64. The summed E-state index contributed by atoms with van der Waals surface area (Å²) in [5.41, 5.74) is 0.658. The Morgan fingerprint density at radius 3 is 2.53 bits per heavy atom. The largest absolute Gasteiger partial charge is 0.298 e. The zero-order valence-corrected chi connectivity index (χ0v) is 9.75. The molecule has 0 spiro atoms. The van der Waals surface area contributed by atoms with Crippen LogP contribution in [0, 0.1) is 0 Å². The quantitative estimate of drug-likeness (QED) is 0.604. The van der Waals surface area contributed by atoms with E-state index in [4.69, 9.17) is 11.6 Å². The summed E-state index contributed by atoms with van der Waals surface area (Å²) in [7, 11) is -3.38. The summed E-state index contributed by atoms with van der Waals surface area (Å²) < 4.78 is 21.9. The number of sulfone groups is 1. The second kappa shape index (κ2) is 4.77. The van der Waals surface area contributed by atoms with E-state index < -0.39 is 14.5 Å². The van der Waals surface area contributed by atoms with Gasteiger partial charge in [0.2, 0.25) is 0 Å². The molecule has 0 saturated heterocycles. The van der Waals surface area contributed by atoms with Gasteiger partial charge in [-0.3, -0.25) is 4.79 Å². The molecule has 0 saturated carbocycles. The third-order valence-corrected chi connectivity index (χ3v) is 4.82. The molecule has 0 bridgehead atoms. The lowest BCUT2D eigenvalue weighted by molar-refractivity contribution is 0.112. The third kappa shape index (κ3) is 2.58. The number of carbonyl (C=O) groups excluding carboxylic acids is 1. The van der Waals surface area contributed by atoms with Gasteiger partial charge in [-0.2, -0.15) is 0 Å². The average Bonchev–Trinajstić information content (AvgIpc) is 2.28. The summed E-state index contributed by atoms with van der Waals surface area (Å²) in [5, 5.41) is 0. The normalized spacial score (nSPS) is 13.5. The van der Waals surface area contributed by atoms with Crippen LogP contribution in [0.2, 0.25) is 0 Å². The molecule has 0 aromatic heterocycles. The van der Waals surface area contributed by atoms with Crippen molar-refractivity contribution in [3.63, 3.8) is 0 Å². The fraction of sp³-hybridized carbons (Fsp3) is 0.300. The van der Waals surface area contributed by atoms with Crippen LogP contribution < -0.4 is 0 Å². The lowest BCUT2D eigenvalue weighted by Gasteiger charge is -2.11. The van der Waals surface area contributed by atoms with Crippen molar-refractivity contribution < 1.29 is 13.2 Å². The predicted octanol–water partition coefficient (Wildman–Crippen LogP) is 2.17. The Bertz CT molecular complexity index is 453. The summed E-state index contributed by atoms with van der Waals surface area (Å²) >= 11 is 5.84. The van der Waals surface area contributed by atoms with Crippen LogP contribution in [-0.4, -0.2) is 20.5 Å². The molecule has 0 aliphatic carbocycles. The second-order valence-corrected chi connectivity index (χ2v) is 6.08.